The zero-order valence-electron chi connectivity index (χ0n) is 21.8. The zero-order valence-corrected chi connectivity index (χ0v) is 22.6. The summed E-state index contributed by atoms with van der Waals surface area (Å²) in [6.07, 6.45) is 1.92. The number of phenols is 1. The van der Waals surface area contributed by atoms with Crippen LogP contribution in [-0.4, -0.2) is 81.2 Å². The van der Waals surface area contributed by atoms with Gasteiger partial charge < -0.3 is 37.0 Å². The van der Waals surface area contributed by atoms with Crippen molar-refractivity contribution in [1.82, 2.24) is 16.0 Å². The molecule has 38 heavy (non-hydrogen) atoms. The Labute approximate surface area is 226 Å². The lowest BCUT2D eigenvalue weighted by Gasteiger charge is -2.26. The Hall–Kier alpha value is -3.32. The van der Waals surface area contributed by atoms with E-state index in [4.69, 9.17) is 10.8 Å². The predicted molar refractivity (Wildman–Crippen MR) is 143 cm³/mol. The molecule has 0 aliphatic rings. The molecule has 12 nitrogen and oxygen atoms in total. The molecule has 1 aromatic rings. The molecule has 212 valence electrons. The number of hydrogen-bond donors (Lipinski definition) is 7. The SMILES string of the molecule is CCC(C)C(NC(=O)C(CCSC)NC(=O)C(CCC(=O)O)NC(=O)C(N)Cc1ccc(O)cc1)C(=O)O. The Morgan fingerprint density at radius 2 is 1.47 bits per heavy atom. The molecule has 8 N–H and O–H groups in total. The number of aliphatic carboxylic acids is 2. The molecule has 0 aromatic heterocycles. The highest BCUT2D eigenvalue weighted by Crippen LogP contribution is 2.12. The van der Waals surface area contributed by atoms with Crippen molar-refractivity contribution in [1.29, 1.82) is 0 Å². The zero-order chi connectivity index (χ0) is 28.8. The number of thioether (sulfide) groups is 1. The van der Waals surface area contributed by atoms with Gasteiger partial charge in [0.25, 0.3) is 0 Å². The van der Waals surface area contributed by atoms with Crippen LogP contribution >= 0.6 is 11.8 Å². The van der Waals surface area contributed by atoms with Crippen molar-refractivity contribution in [2.45, 2.75) is 70.1 Å². The van der Waals surface area contributed by atoms with Crippen LogP contribution in [0.4, 0.5) is 0 Å². The molecule has 0 aliphatic carbocycles. The summed E-state index contributed by atoms with van der Waals surface area (Å²) >= 11 is 1.42. The normalized spacial score (nSPS) is 14.8. The molecule has 0 radical (unpaired) electrons. The van der Waals surface area contributed by atoms with E-state index in [-0.39, 0.29) is 30.9 Å². The fourth-order valence-electron chi connectivity index (χ4n) is 3.51. The third-order valence-corrected chi connectivity index (χ3v) is 6.67. The van der Waals surface area contributed by atoms with Crippen LogP contribution in [0.25, 0.3) is 0 Å². The second kappa shape index (κ2) is 16.5. The van der Waals surface area contributed by atoms with E-state index in [1.807, 2.05) is 0 Å². The van der Waals surface area contributed by atoms with Gasteiger partial charge in [-0.25, -0.2) is 4.79 Å². The number of amides is 3. The summed E-state index contributed by atoms with van der Waals surface area (Å²) in [4.78, 5) is 61.6. The van der Waals surface area contributed by atoms with Gasteiger partial charge in [-0.15, -0.1) is 0 Å². The number of carboxylic acids is 2. The van der Waals surface area contributed by atoms with Gasteiger partial charge in [0.1, 0.15) is 23.9 Å². The van der Waals surface area contributed by atoms with Crippen LogP contribution in [0.3, 0.4) is 0 Å². The second-order valence-electron chi connectivity index (χ2n) is 9.02. The molecule has 0 bridgehead atoms. The van der Waals surface area contributed by atoms with Crippen molar-refractivity contribution in [3.05, 3.63) is 29.8 Å². The van der Waals surface area contributed by atoms with Crippen molar-refractivity contribution in [3.63, 3.8) is 0 Å². The molecular weight excluding hydrogens is 516 g/mol. The smallest absolute Gasteiger partial charge is 0.326 e. The van der Waals surface area contributed by atoms with Crippen molar-refractivity contribution in [2.24, 2.45) is 11.7 Å². The van der Waals surface area contributed by atoms with Gasteiger partial charge in [0.2, 0.25) is 17.7 Å². The van der Waals surface area contributed by atoms with Crippen LogP contribution < -0.4 is 21.7 Å². The van der Waals surface area contributed by atoms with E-state index in [0.717, 1.165) is 0 Å². The average molecular weight is 555 g/mol. The summed E-state index contributed by atoms with van der Waals surface area (Å²) in [7, 11) is 0. The predicted octanol–water partition coefficient (Wildman–Crippen LogP) is 0.465. The van der Waals surface area contributed by atoms with Crippen molar-refractivity contribution >= 4 is 41.4 Å². The Morgan fingerprint density at radius 1 is 0.921 bits per heavy atom. The highest BCUT2D eigenvalue weighted by Gasteiger charge is 2.32. The van der Waals surface area contributed by atoms with Gasteiger partial charge in [0, 0.05) is 6.42 Å². The van der Waals surface area contributed by atoms with Gasteiger partial charge in [-0.2, -0.15) is 11.8 Å². The van der Waals surface area contributed by atoms with Crippen molar-refractivity contribution in [3.8, 4) is 5.75 Å². The summed E-state index contributed by atoms with van der Waals surface area (Å²) in [6, 6.07) is 1.46. The van der Waals surface area contributed by atoms with Crippen LogP contribution in [0.15, 0.2) is 24.3 Å². The van der Waals surface area contributed by atoms with E-state index in [2.05, 4.69) is 16.0 Å². The molecule has 5 unspecified atom stereocenters. The number of carbonyl (C=O) groups is 5. The highest BCUT2D eigenvalue weighted by atomic mass is 32.2. The van der Waals surface area contributed by atoms with Crippen LogP contribution in [-0.2, 0) is 30.4 Å². The average Bonchev–Trinajstić information content (AvgIpc) is 2.87. The molecule has 0 aliphatic heterocycles. The fraction of sp³-hybridized carbons (Fsp3) is 0.560. The number of carboxylic acid groups (broad SMARTS) is 2. The largest absolute Gasteiger partial charge is 0.508 e. The first kappa shape index (κ1) is 32.7. The van der Waals surface area contributed by atoms with Gasteiger partial charge in [0.05, 0.1) is 6.04 Å². The third-order valence-electron chi connectivity index (χ3n) is 6.03. The molecule has 0 heterocycles. The molecule has 5 atom stereocenters. The summed E-state index contributed by atoms with van der Waals surface area (Å²) < 4.78 is 0. The number of aromatic hydroxyl groups is 1. The van der Waals surface area contributed by atoms with Crippen molar-refractivity contribution in [2.75, 3.05) is 12.0 Å². The van der Waals surface area contributed by atoms with Crippen molar-refractivity contribution < 1.29 is 39.3 Å². The number of benzene rings is 1. The van der Waals surface area contributed by atoms with Crippen LogP contribution in [0.2, 0.25) is 0 Å². The lowest BCUT2D eigenvalue weighted by molar-refractivity contribution is -0.143. The molecule has 1 rings (SSSR count). The van der Waals surface area contributed by atoms with E-state index in [9.17, 15) is 34.2 Å². The van der Waals surface area contributed by atoms with E-state index >= 15 is 0 Å². The monoisotopic (exact) mass is 554 g/mol. The summed E-state index contributed by atoms with van der Waals surface area (Å²) in [6.45, 7) is 3.48. The second-order valence-corrected chi connectivity index (χ2v) is 10.0. The molecule has 0 saturated carbocycles. The topological polar surface area (TPSA) is 208 Å². The summed E-state index contributed by atoms with van der Waals surface area (Å²) in [5, 5.41) is 35.5. The van der Waals surface area contributed by atoms with E-state index in [1.54, 1.807) is 32.2 Å². The van der Waals surface area contributed by atoms with E-state index < -0.39 is 60.2 Å². The lowest BCUT2D eigenvalue weighted by Crippen LogP contribution is -2.58. The summed E-state index contributed by atoms with van der Waals surface area (Å²) in [5.74, 6) is -4.38. The van der Waals surface area contributed by atoms with Gasteiger partial charge in [-0.05, 0) is 54.9 Å². The quantitative estimate of drug-likeness (QED) is 0.141. The Kier molecular flexibility index (Phi) is 14.2. The number of carbonyl (C=O) groups excluding carboxylic acids is 3. The number of nitrogens with two attached hydrogens (primary N) is 1. The van der Waals surface area contributed by atoms with Gasteiger partial charge in [-0.3, -0.25) is 19.2 Å². The molecule has 0 fully saturated rings. The number of phenolic OH excluding ortho intramolecular Hbond substituents is 1. The molecule has 0 saturated heterocycles. The van der Waals surface area contributed by atoms with Crippen LogP contribution in [0.1, 0.15) is 45.1 Å². The molecule has 13 heteroatoms. The molecule has 3 amide bonds. The first-order chi connectivity index (χ1) is 17.9. The Morgan fingerprint density at radius 3 is 2.00 bits per heavy atom. The Balaban J connectivity index is 3.00. The maximum atomic E-state index is 13.1. The maximum absolute atomic E-state index is 13.1. The lowest BCUT2D eigenvalue weighted by atomic mass is 9.98. The fourth-order valence-corrected chi connectivity index (χ4v) is 3.98. The van der Waals surface area contributed by atoms with Crippen LogP contribution in [0.5, 0.6) is 5.75 Å². The minimum atomic E-state index is -1.29. The Bertz CT molecular complexity index is 959. The summed E-state index contributed by atoms with van der Waals surface area (Å²) in [5.41, 5.74) is 6.65. The minimum Gasteiger partial charge on any atom is -0.508 e. The third kappa shape index (κ3) is 11.4. The molecule has 1 aromatic carbocycles. The van der Waals surface area contributed by atoms with E-state index in [1.165, 1.54) is 23.9 Å². The van der Waals surface area contributed by atoms with E-state index in [0.29, 0.717) is 17.7 Å². The number of hydrogen-bond acceptors (Lipinski definition) is 8. The number of rotatable bonds is 17. The maximum Gasteiger partial charge on any atom is 0.326 e. The number of nitrogens with one attached hydrogen (secondary N) is 3. The molecule has 0 spiro atoms. The van der Waals surface area contributed by atoms with Gasteiger partial charge >= 0.3 is 11.9 Å². The first-order valence-electron chi connectivity index (χ1n) is 12.3. The van der Waals surface area contributed by atoms with Gasteiger partial charge in [-0.1, -0.05) is 32.4 Å². The minimum absolute atomic E-state index is 0.0519. The molecular formula is C25H38N4O8S. The van der Waals surface area contributed by atoms with Crippen LogP contribution in [0, 0.1) is 5.92 Å². The van der Waals surface area contributed by atoms with Gasteiger partial charge in [0.15, 0.2) is 0 Å². The first-order valence-corrected chi connectivity index (χ1v) is 13.7. The standard InChI is InChI=1S/C25H38N4O8S/c1-4-14(2)21(25(36)37)29-24(35)19(11-12-38-3)28-23(34)18(9-10-20(31)32)27-22(33)17(26)13-15-5-7-16(30)8-6-15/h5-8,14,17-19,21,30H,4,9-13,26H2,1-3H3,(H,27,33)(H,28,34)(H,29,35)(H,31,32)(H,36,37). The highest BCUT2D eigenvalue weighted by molar-refractivity contribution is 7.98.